The molecule has 9 heteroatoms. The van der Waals surface area contributed by atoms with Crippen LogP contribution in [0.1, 0.15) is 65.0 Å². The quantitative estimate of drug-likeness (QED) is 0.222. The third-order valence-electron chi connectivity index (χ3n) is 8.36. The van der Waals surface area contributed by atoms with Gasteiger partial charge in [0.2, 0.25) is 11.7 Å². The van der Waals surface area contributed by atoms with Gasteiger partial charge in [-0.25, -0.2) is 4.98 Å². The Kier molecular flexibility index (Phi) is 7.14. The number of carbonyl (C=O) groups is 1. The van der Waals surface area contributed by atoms with Gasteiger partial charge >= 0.3 is 0 Å². The first-order valence-electron chi connectivity index (χ1n) is 13.7. The zero-order valence-electron chi connectivity index (χ0n) is 22.9. The van der Waals surface area contributed by atoms with Crippen LogP contribution in [0.2, 0.25) is 0 Å². The number of hydrogen-bond acceptors (Lipinski definition) is 7. The van der Waals surface area contributed by atoms with Crippen LogP contribution < -0.4 is 5.32 Å². The van der Waals surface area contributed by atoms with Gasteiger partial charge in [0.05, 0.1) is 17.7 Å². The molecule has 4 aromatic rings. The Bertz CT molecular complexity index is 1430. The van der Waals surface area contributed by atoms with Crippen molar-refractivity contribution in [2.75, 3.05) is 11.1 Å². The number of anilines is 1. The number of rotatable bonds is 8. The lowest BCUT2D eigenvalue weighted by molar-refractivity contribution is -0.113. The van der Waals surface area contributed by atoms with E-state index >= 15 is 0 Å². The molecule has 2 bridgehead atoms. The van der Waals surface area contributed by atoms with Gasteiger partial charge in [-0.3, -0.25) is 9.36 Å². The second-order valence-corrected chi connectivity index (χ2v) is 13.7. The number of hydrogen-bond donors (Lipinski definition) is 1. The SMILES string of the molecule is C[C@H]([C@H]1C[C@H]2CC[C@H]1C2)n1c(SCC(=O)Nc2nc(-c3ccc(C(C)(C)C)cc3)cs2)nnc1-c1ccco1. The van der Waals surface area contributed by atoms with Crippen molar-refractivity contribution in [1.82, 2.24) is 19.7 Å². The van der Waals surface area contributed by atoms with Gasteiger partial charge < -0.3 is 9.73 Å². The summed E-state index contributed by atoms with van der Waals surface area (Å²) in [4.78, 5) is 17.6. The minimum Gasteiger partial charge on any atom is -0.461 e. The van der Waals surface area contributed by atoms with Crippen molar-refractivity contribution in [3.05, 3.63) is 53.6 Å². The fourth-order valence-corrected chi connectivity index (χ4v) is 7.84. The van der Waals surface area contributed by atoms with E-state index in [4.69, 9.17) is 4.42 Å². The molecule has 2 aliphatic carbocycles. The Morgan fingerprint density at radius 1 is 1.18 bits per heavy atom. The molecule has 39 heavy (non-hydrogen) atoms. The number of nitrogens with one attached hydrogen (secondary N) is 1. The number of furan rings is 1. The van der Waals surface area contributed by atoms with Crippen LogP contribution in [0.4, 0.5) is 5.13 Å². The number of carbonyl (C=O) groups excluding carboxylic acids is 1. The largest absolute Gasteiger partial charge is 0.461 e. The number of nitrogens with zero attached hydrogens (tertiary/aromatic N) is 4. The van der Waals surface area contributed by atoms with Gasteiger partial charge in [0.25, 0.3) is 0 Å². The normalized spacial score (nSPS) is 21.4. The third kappa shape index (κ3) is 5.43. The molecule has 4 atom stereocenters. The molecule has 0 aliphatic heterocycles. The third-order valence-corrected chi connectivity index (χ3v) is 10.1. The summed E-state index contributed by atoms with van der Waals surface area (Å²) in [6, 6.07) is 12.5. The first-order valence-corrected chi connectivity index (χ1v) is 15.6. The molecule has 1 aromatic carbocycles. The van der Waals surface area contributed by atoms with Crippen LogP contribution in [0.25, 0.3) is 22.8 Å². The Hall–Kier alpha value is -2.91. The van der Waals surface area contributed by atoms with E-state index in [0.29, 0.717) is 16.8 Å². The summed E-state index contributed by atoms with van der Waals surface area (Å²) in [6.45, 7) is 8.89. The predicted molar refractivity (Wildman–Crippen MR) is 157 cm³/mol. The lowest BCUT2D eigenvalue weighted by atomic mass is 9.84. The van der Waals surface area contributed by atoms with Gasteiger partial charge in [-0.2, -0.15) is 0 Å². The second-order valence-electron chi connectivity index (χ2n) is 11.9. The van der Waals surface area contributed by atoms with Crippen molar-refractivity contribution in [2.24, 2.45) is 17.8 Å². The van der Waals surface area contributed by atoms with Crippen molar-refractivity contribution >= 4 is 34.1 Å². The molecule has 7 nitrogen and oxygen atoms in total. The van der Waals surface area contributed by atoms with Gasteiger partial charge in [-0.05, 0) is 67.1 Å². The first-order chi connectivity index (χ1) is 18.8. The summed E-state index contributed by atoms with van der Waals surface area (Å²) in [5.41, 5.74) is 3.30. The van der Waals surface area contributed by atoms with E-state index in [1.807, 2.05) is 17.5 Å². The number of thiazole rings is 1. The molecule has 6 rings (SSSR count). The summed E-state index contributed by atoms with van der Waals surface area (Å²) in [7, 11) is 0. The summed E-state index contributed by atoms with van der Waals surface area (Å²) in [5.74, 6) is 3.79. The Morgan fingerprint density at radius 2 is 2.00 bits per heavy atom. The van der Waals surface area contributed by atoms with Crippen molar-refractivity contribution < 1.29 is 9.21 Å². The molecule has 3 aromatic heterocycles. The van der Waals surface area contributed by atoms with Crippen LogP contribution in [-0.4, -0.2) is 31.4 Å². The molecule has 1 amide bonds. The molecule has 0 saturated heterocycles. The lowest BCUT2D eigenvalue weighted by Gasteiger charge is -2.30. The molecule has 2 aliphatic rings. The smallest absolute Gasteiger partial charge is 0.236 e. The van der Waals surface area contributed by atoms with Crippen molar-refractivity contribution in [3.8, 4) is 22.8 Å². The first kappa shape index (κ1) is 26.3. The maximum atomic E-state index is 12.9. The molecule has 2 saturated carbocycles. The topological polar surface area (TPSA) is 85.8 Å². The van der Waals surface area contributed by atoms with E-state index < -0.39 is 0 Å². The van der Waals surface area contributed by atoms with Crippen LogP contribution in [0.3, 0.4) is 0 Å². The minimum absolute atomic E-state index is 0.106. The highest BCUT2D eigenvalue weighted by Crippen LogP contribution is 2.53. The van der Waals surface area contributed by atoms with Gasteiger partial charge in [-0.15, -0.1) is 21.5 Å². The molecule has 204 valence electrons. The standard InChI is InChI=1S/C30H35N5O2S2/c1-18(23-15-19-7-8-21(23)14-19)35-27(25-6-5-13-37-25)33-34-29(35)39-17-26(36)32-28-31-24(16-38-28)20-9-11-22(12-10-20)30(2,3)4/h5-6,9-13,16,18-19,21,23H,7-8,14-15,17H2,1-4H3,(H,31,32,36)/t18-,19+,21+,23-/m1/s1. The second kappa shape index (κ2) is 10.6. The Labute approximate surface area is 237 Å². The summed E-state index contributed by atoms with van der Waals surface area (Å²) in [5, 5.41) is 15.3. The van der Waals surface area contributed by atoms with Gasteiger partial charge in [-0.1, -0.05) is 63.2 Å². The summed E-state index contributed by atoms with van der Waals surface area (Å²) >= 11 is 2.86. The van der Waals surface area contributed by atoms with E-state index in [-0.39, 0.29) is 23.1 Å². The molecular weight excluding hydrogens is 526 g/mol. The zero-order chi connectivity index (χ0) is 27.1. The highest BCUT2D eigenvalue weighted by atomic mass is 32.2. The minimum atomic E-state index is -0.106. The van der Waals surface area contributed by atoms with Crippen LogP contribution in [0, 0.1) is 17.8 Å². The number of amides is 1. The molecule has 0 unspecified atom stereocenters. The fourth-order valence-electron chi connectivity index (χ4n) is 6.28. The lowest BCUT2D eigenvalue weighted by Crippen LogP contribution is -2.23. The van der Waals surface area contributed by atoms with Crippen LogP contribution in [0.5, 0.6) is 0 Å². The molecule has 0 radical (unpaired) electrons. The summed E-state index contributed by atoms with van der Waals surface area (Å²) in [6.07, 6.45) is 6.95. The summed E-state index contributed by atoms with van der Waals surface area (Å²) < 4.78 is 7.90. The zero-order valence-corrected chi connectivity index (χ0v) is 24.5. The molecular formula is C30H35N5O2S2. The van der Waals surface area contributed by atoms with Crippen molar-refractivity contribution in [2.45, 2.75) is 70.0 Å². The average molecular weight is 562 g/mol. The molecule has 2 fully saturated rings. The van der Waals surface area contributed by atoms with Crippen molar-refractivity contribution in [3.63, 3.8) is 0 Å². The number of fused-ring (bicyclic) bond motifs is 2. The van der Waals surface area contributed by atoms with Crippen LogP contribution >= 0.6 is 23.1 Å². The molecule has 1 N–H and O–H groups in total. The Balaban J connectivity index is 1.13. The van der Waals surface area contributed by atoms with E-state index in [1.165, 1.54) is 54.3 Å². The van der Waals surface area contributed by atoms with Gasteiger partial charge in [0.1, 0.15) is 0 Å². The highest BCUT2D eigenvalue weighted by Gasteiger charge is 2.43. The predicted octanol–water partition coefficient (Wildman–Crippen LogP) is 7.69. The average Bonchev–Trinajstić information content (AvgIpc) is 3.75. The van der Waals surface area contributed by atoms with Gasteiger partial charge in [0, 0.05) is 17.0 Å². The highest BCUT2D eigenvalue weighted by molar-refractivity contribution is 7.99. The molecule has 0 spiro atoms. The maximum Gasteiger partial charge on any atom is 0.236 e. The number of aromatic nitrogens is 4. The van der Waals surface area contributed by atoms with E-state index in [2.05, 4.69) is 77.0 Å². The maximum absolute atomic E-state index is 12.9. The van der Waals surface area contributed by atoms with Crippen LogP contribution in [0.15, 0.2) is 57.6 Å². The van der Waals surface area contributed by atoms with Crippen LogP contribution in [-0.2, 0) is 10.2 Å². The fraction of sp³-hybridized carbons (Fsp3) is 0.467. The number of benzene rings is 1. The van der Waals surface area contributed by atoms with Gasteiger partial charge in [0.15, 0.2) is 16.0 Å². The van der Waals surface area contributed by atoms with Crippen molar-refractivity contribution in [1.29, 1.82) is 0 Å². The van der Waals surface area contributed by atoms with E-state index in [1.54, 1.807) is 6.26 Å². The van der Waals surface area contributed by atoms with E-state index in [0.717, 1.165) is 34.1 Å². The Morgan fingerprint density at radius 3 is 2.67 bits per heavy atom. The van der Waals surface area contributed by atoms with E-state index in [9.17, 15) is 4.79 Å². The monoisotopic (exact) mass is 561 g/mol. The molecule has 3 heterocycles. The number of thioether (sulfide) groups is 1.